The molecule has 2 aliphatic rings. The van der Waals surface area contributed by atoms with Crippen LogP contribution in [0.2, 0.25) is 0 Å². The molecule has 0 bridgehead atoms. The van der Waals surface area contributed by atoms with Gasteiger partial charge in [0.25, 0.3) is 0 Å². The van der Waals surface area contributed by atoms with Crippen molar-refractivity contribution in [1.82, 2.24) is 9.80 Å². The smallest absolute Gasteiger partial charge is 0.333 e. The van der Waals surface area contributed by atoms with Crippen LogP contribution < -0.4 is 0 Å². The minimum atomic E-state index is -0.140. The standard InChI is InChI=1S/2C11H19NO2/c2*1-4-14-11(13)9-6-5-7-10(8-9)12(2)3/h2*8,10H,4-7H2,1-3H3. The van der Waals surface area contributed by atoms with E-state index in [0.717, 1.165) is 49.7 Å². The lowest BCUT2D eigenvalue weighted by Gasteiger charge is -2.25. The summed E-state index contributed by atoms with van der Waals surface area (Å²) in [5.74, 6) is -0.280. The molecule has 6 nitrogen and oxygen atoms in total. The summed E-state index contributed by atoms with van der Waals surface area (Å²) in [6, 6.07) is 0.784. The molecule has 0 amide bonds. The van der Waals surface area contributed by atoms with Crippen molar-refractivity contribution < 1.29 is 19.1 Å². The molecule has 0 saturated heterocycles. The van der Waals surface area contributed by atoms with Gasteiger partial charge in [0.05, 0.1) is 13.2 Å². The van der Waals surface area contributed by atoms with E-state index in [1.165, 1.54) is 0 Å². The number of hydrogen-bond acceptors (Lipinski definition) is 6. The van der Waals surface area contributed by atoms with E-state index < -0.39 is 0 Å². The fourth-order valence-electron chi connectivity index (χ4n) is 3.40. The second kappa shape index (κ2) is 12.7. The van der Waals surface area contributed by atoms with Crippen LogP contribution in [-0.4, -0.2) is 75.2 Å². The Morgan fingerprint density at radius 2 is 1.18 bits per heavy atom. The van der Waals surface area contributed by atoms with Gasteiger partial charge < -0.3 is 19.3 Å². The van der Waals surface area contributed by atoms with E-state index in [0.29, 0.717) is 25.3 Å². The van der Waals surface area contributed by atoms with Crippen molar-refractivity contribution in [1.29, 1.82) is 0 Å². The van der Waals surface area contributed by atoms with Gasteiger partial charge in [-0.05, 0) is 80.6 Å². The second-order valence-electron chi connectivity index (χ2n) is 7.67. The van der Waals surface area contributed by atoms with Gasteiger partial charge in [-0.1, -0.05) is 12.2 Å². The van der Waals surface area contributed by atoms with Crippen molar-refractivity contribution in [2.24, 2.45) is 0 Å². The number of carbonyl (C=O) groups excluding carboxylic acids is 2. The van der Waals surface area contributed by atoms with Crippen LogP contribution in [0.4, 0.5) is 0 Å². The van der Waals surface area contributed by atoms with Gasteiger partial charge in [0.1, 0.15) is 0 Å². The van der Waals surface area contributed by atoms with Crippen LogP contribution in [0.25, 0.3) is 0 Å². The lowest BCUT2D eigenvalue weighted by molar-refractivity contribution is -0.139. The average Bonchev–Trinajstić information content (AvgIpc) is 2.69. The summed E-state index contributed by atoms with van der Waals surface area (Å²) in [5, 5.41) is 0. The first-order valence-electron chi connectivity index (χ1n) is 10.4. The first-order valence-corrected chi connectivity index (χ1v) is 10.4. The molecule has 0 saturated carbocycles. The number of rotatable bonds is 6. The van der Waals surface area contributed by atoms with Crippen molar-refractivity contribution in [2.75, 3.05) is 41.4 Å². The fourth-order valence-corrected chi connectivity index (χ4v) is 3.40. The molecule has 0 fully saturated rings. The zero-order chi connectivity index (χ0) is 21.1. The van der Waals surface area contributed by atoms with Crippen molar-refractivity contribution >= 4 is 11.9 Å². The Bertz CT molecular complexity index is 517. The van der Waals surface area contributed by atoms with E-state index in [-0.39, 0.29) is 11.9 Å². The maximum Gasteiger partial charge on any atom is 0.333 e. The molecule has 0 radical (unpaired) electrons. The molecule has 0 aromatic carbocycles. The van der Waals surface area contributed by atoms with Crippen molar-refractivity contribution in [2.45, 2.75) is 64.5 Å². The minimum Gasteiger partial charge on any atom is -0.463 e. The summed E-state index contributed by atoms with van der Waals surface area (Å²) in [6.07, 6.45) is 10.2. The summed E-state index contributed by atoms with van der Waals surface area (Å²) >= 11 is 0. The van der Waals surface area contributed by atoms with Crippen LogP contribution in [0, 0.1) is 0 Å². The third-order valence-corrected chi connectivity index (χ3v) is 5.08. The maximum absolute atomic E-state index is 11.5. The molecule has 0 aromatic heterocycles. The van der Waals surface area contributed by atoms with E-state index in [1.54, 1.807) is 0 Å². The highest BCUT2D eigenvalue weighted by atomic mass is 16.5. The fraction of sp³-hybridized carbons (Fsp3) is 0.727. The summed E-state index contributed by atoms with van der Waals surface area (Å²) in [5.41, 5.74) is 1.69. The van der Waals surface area contributed by atoms with E-state index in [2.05, 4.69) is 9.80 Å². The number of carbonyl (C=O) groups is 2. The SMILES string of the molecule is CCOC(=O)C1=CC(N(C)C)CCC1.CCOC(=O)C1=CC(N(C)C)CCC1. The second-order valence-corrected chi connectivity index (χ2v) is 7.67. The van der Waals surface area contributed by atoms with Gasteiger partial charge >= 0.3 is 11.9 Å². The summed E-state index contributed by atoms with van der Waals surface area (Å²) < 4.78 is 9.97. The molecular formula is C22H38N2O4. The molecule has 2 aliphatic carbocycles. The Morgan fingerprint density at radius 3 is 1.46 bits per heavy atom. The van der Waals surface area contributed by atoms with Crippen LogP contribution in [-0.2, 0) is 19.1 Å². The predicted octanol–water partition coefficient (Wildman–Crippen LogP) is 3.18. The van der Waals surface area contributed by atoms with E-state index in [9.17, 15) is 9.59 Å². The number of ether oxygens (including phenoxy) is 2. The maximum atomic E-state index is 11.5. The molecule has 0 aliphatic heterocycles. The van der Waals surface area contributed by atoms with Crippen molar-refractivity contribution in [3.8, 4) is 0 Å². The molecule has 0 aromatic rings. The molecule has 2 rings (SSSR count). The number of esters is 2. The van der Waals surface area contributed by atoms with E-state index >= 15 is 0 Å². The quantitative estimate of drug-likeness (QED) is 0.645. The van der Waals surface area contributed by atoms with Gasteiger partial charge in [-0.3, -0.25) is 0 Å². The van der Waals surface area contributed by atoms with Gasteiger partial charge in [-0.2, -0.15) is 0 Å². The molecular weight excluding hydrogens is 356 g/mol. The zero-order valence-electron chi connectivity index (χ0n) is 18.5. The average molecular weight is 395 g/mol. The lowest BCUT2D eigenvalue weighted by Crippen LogP contribution is -2.29. The number of likely N-dealkylation sites (N-methyl/N-ethyl adjacent to an activating group) is 2. The molecule has 0 heterocycles. The van der Waals surface area contributed by atoms with E-state index in [1.807, 2.05) is 54.2 Å². The first-order chi connectivity index (χ1) is 13.3. The summed E-state index contributed by atoms with van der Waals surface area (Å²) in [7, 11) is 8.15. The third-order valence-electron chi connectivity index (χ3n) is 5.08. The Hall–Kier alpha value is -1.66. The Labute approximate surface area is 170 Å². The molecule has 28 heavy (non-hydrogen) atoms. The van der Waals surface area contributed by atoms with Crippen molar-refractivity contribution in [3.63, 3.8) is 0 Å². The molecule has 0 spiro atoms. The first kappa shape index (κ1) is 24.4. The van der Waals surface area contributed by atoms with Crippen molar-refractivity contribution in [3.05, 3.63) is 23.3 Å². The molecule has 160 valence electrons. The zero-order valence-corrected chi connectivity index (χ0v) is 18.5. The van der Waals surface area contributed by atoms with Gasteiger partial charge in [-0.15, -0.1) is 0 Å². The Kier molecular flexibility index (Phi) is 11.1. The predicted molar refractivity (Wildman–Crippen MR) is 112 cm³/mol. The molecule has 2 atom stereocenters. The van der Waals surface area contributed by atoms with Gasteiger partial charge in [0, 0.05) is 23.2 Å². The van der Waals surface area contributed by atoms with Crippen LogP contribution in [0.3, 0.4) is 0 Å². The Morgan fingerprint density at radius 1 is 0.821 bits per heavy atom. The van der Waals surface area contributed by atoms with Crippen LogP contribution in [0.1, 0.15) is 52.4 Å². The largest absolute Gasteiger partial charge is 0.463 e. The highest BCUT2D eigenvalue weighted by Gasteiger charge is 2.21. The summed E-state index contributed by atoms with van der Waals surface area (Å²) in [6.45, 7) is 4.60. The van der Waals surface area contributed by atoms with Crippen LogP contribution in [0.5, 0.6) is 0 Å². The highest BCUT2D eigenvalue weighted by molar-refractivity contribution is 5.89. The number of nitrogens with zero attached hydrogens (tertiary/aromatic N) is 2. The molecule has 2 unspecified atom stereocenters. The minimum absolute atomic E-state index is 0.140. The number of hydrogen-bond donors (Lipinski definition) is 0. The molecule has 0 N–H and O–H groups in total. The summed E-state index contributed by atoms with van der Waals surface area (Å²) in [4.78, 5) is 27.2. The van der Waals surface area contributed by atoms with Gasteiger partial charge in [0.15, 0.2) is 0 Å². The topological polar surface area (TPSA) is 59.1 Å². The Balaban J connectivity index is 0.000000280. The van der Waals surface area contributed by atoms with E-state index in [4.69, 9.17) is 9.47 Å². The van der Waals surface area contributed by atoms with Gasteiger partial charge in [0.2, 0.25) is 0 Å². The highest BCUT2D eigenvalue weighted by Crippen LogP contribution is 2.22. The monoisotopic (exact) mass is 394 g/mol. The normalized spacial score (nSPS) is 22.0. The molecule has 6 heteroatoms. The van der Waals surface area contributed by atoms with Gasteiger partial charge in [-0.25, -0.2) is 9.59 Å². The van der Waals surface area contributed by atoms with Crippen LogP contribution in [0.15, 0.2) is 23.3 Å². The third kappa shape index (κ3) is 8.15. The lowest BCUT2D eigenvalue weighted by atomic mass is 9.95. The van der Waals surface area contributed by atoms with Crippen LogP contribution >= 0.6 is 0 Å².